The monoisotopic (exact) mass is 549 g/mol. The number of likely N-dealkylation sites (tertiary alicyclic amines) is 1. The second kappa shape index (κ2) is 9.21. The molecule has 1 aliphatic heterocycles. The van der Waals surface area contributed by atoms with Crippen molar-refractivity contribution in [1.82, 2.24) is 28.8 Å². The fourth-order valence-corrected chi connectivity index (χ4v) is 7.19. The minimum atomic E-state index is 0.0130. The molecular formula is C32H35N7O2. The number of methoxy groups -OCH3 is 1. The number of nitrogens with zero attached hydrogens (tertiary/aromatic N) is 6. The van der Waals surface area contributed by atoms with Crippen LogP contribution in [0, 0.1) is 11.8 Å². The van der Waals surface area contributed by atoms with E-state index in [1.54, 1.807) is 7.11 Å². The molecule has 2 saturated carbocycles. The Balaban J connectivity index is 1.31. The molecule has 2 aliphatic carbocycles. The molecule has 2 bridgehead atoms. The smallest absolute Gasteiger partial charge is 0.254 e. The zero-order chi connectivity index (χ0) is 27.8. The number of ether oxygens (including phenoxy) is 1. The van der Waals surface area contributed by atoms with Crippen LogP contribution in [0.4, 0.5) is 0 Å². The van der Waals surface area contributed by atoms with Crippen LogP contribution < -0.4 is 10.5 Å². The average molecular weight is 550 g/mol. The fourth-order valence-electron chi connectivity index (χ4n) is 7.19. The fraction of sp³-hybridized carbons (Fsp3) is 0.406. The van der Waals surface area contributed by atoms with Crippen molar-refractivity contribution in [2.45, 2.75) is 50.9 Å². The van der Waals surface area contributed by atoms with Crippen LogP contribution in [0.2, 0.25) is 0 Å². The average Bonchev–Trinajstić information content (AvgIpc) is 3.25. The van der Waals surface area contributed by atoms with E-state index in [1.807, 2.05) is 41.2 Å². The first-order valence-corrected chi connectivity index (χ1v) is 14.7. The lowest BCUT2D eigenvalue weighted by molar-refractivity contribution is 0.0700. The van der Waals surface area contributed by atoms with Crippen LogP contribution in [-0.4, -0.2) is 60.4 Å². The number of nitrogens with two attached hydrogens (primary N) is 1. The molecule has 8 rings (SSSR count). The number of piperidine rings is 1. The van der Waals surface area contributed by atoms with Crippen LogP contribution in [-0.2, 0) is 20.1 Å². The maximum absolute atomic E-state index is 13.8. The van der Waals surface area contributed by atoms with E-state index in [0.29, 0.717) is 29.7 Å². The minimum Gasteiger partial charge on any atom is -0.494 e. The van der Waals surface area contributed by atoms with Gasteiger partial charge in [-0.05, 0) is 61.8 Å². The van der Waals surface area contributed by atoms with Gasteiger partial charge >= 0.3 is 0 Å². The Labute approximate surface area is 238 Å². The van der Waals surface area contributed by atoms with Crippen molar-refractivity contribution in [3.63, 3.8) is 0 Å². The summed E-state index contributed by atoms with van der Waals surface area (Å²) in [6.07, 6.45) is 8.54. The summed E-state index contributed by atoms with van der Waals surface area (Å²) in [5.41, 5.74) is 12.0. The zero-order valence-electron chi connectivity index (χ0n) is 23.5. The van der Waals surface area contributed by atoms with Gasteiger partial charge in [0.1, 0.15) is 11.3 Å². The largest absolute Gasteiger partial charge is 0.494 e. The number of aromatic nitrogens is 5. The molecule has 9 heteroatoms. The van der Waals surface area contributed by atoms with Gasteiger partial charge in [0.2, 0.25) is 0 Å². The number of fused-ring (bicyclic) bond motifs is 4. The molecule has 2 unspecified atom stereocenters. The van der Waals surface area contributed by atoms with E-state index in [-0.39, 0.29) is 18.0 Å². The number of amides is 1. The lowest BCUT2D eigenvalue weighted by atomic mass is 10.1. The number of aryl methyl sites for hydroxylation is 1. The predicted molar refractivity (Wildman–Crippen MR) is 158 cm³/mol. The van der Waals surface area contributed by atoms with Crippen LogP contribution in [0.15, 0.2) is 54.9 Å². The van der Waals surface area contributed by atoms with Gasteiger partial charge in [0.05, 0.1) is 31.1 Å². The highest BCUT2D eigenvalue weighted by Crippen LogP contribution is 2.40. The zero-order valence-corrected chi connectivity index (χ0v) is 23.5. The Morgan fingerprint density at radius 2 is 1.95 bits per heavy atom. The molecule has 4 heterocycles. The molecule has 2 N–H and O–H groups in total. The lowest BCUT2D eigenvalue weighted by Crippen LogP contribution is -2.41. The summed E-state index contributed by atoms with van der Waals surface area (Å²) < 4.78 is 12.4. The Morgan fingerprint density at radius 1 is 1.10 bits per heavy atom. The molecule has 3 aromatic heterocycles. The second-order valence-electron chi connectivity index (χ2n) is 12.2. The molecule has 5 aromatic rings. The van der Waals surface area contributed by atoms with E-state index >= 15 is 0 Å². The highest BCUT2D eigenvalue weighted by atomic mass is 16.5. The van der Waals surface area contributed by atoms with Crippen molar-refractivity contribution in [2.24, 2.45) is 24.6 Å². The summed E-state index contributed by atoms with van der Waals surface area (Å²) in [6.45, 7) is 2.28. The minimum absolute atomic E-state index is 0.0130. The standard InChI is InChI=1S/C32H35N7O2/c1-36-15-20(14-34-36)17-39-30-24(11-23(13-28(30)41-2)32(40)38-18-22-9-10-26(38)29(22)33)35-31(39)27-12-21-5-3-4-6-25(21)37(27)16-19-7-8-19/h3-6,11-15,19,22,26,29H,7-10,16-18,33H2,1-2H3/t22?,26?,29-/m1/s1. The number of benzene rings is 2. The van der Waals surface area contributed by atoms with Gasteiger partial charge < -0.3 is 24.5 Å². The molecule has 1 saturated heterocycles. The van der Waals surface area contributed by atoms with Crippen LogP contribution >= 0.6 is 0 Å². The molecule has 0 spiro atoms. The number of imidazole rings is 1. The van der Waals surface area contributed by atoms with Gasteiger partial charge in [-0.25, -0.2) is 4.98 Å². The summed E-state index contributed by atoms with van der Waals surface area (Å²) in [7, 11) is 3.60. The van der Waals surface area contributed by atoms with E-state index in [4.69, 9.17) is 15.5 Å². The van der Waals surface area contributed by atoms with Gasteiger partial charge in [0.15, 0.2) is 5.82 Å². The predicted octanol–water partition coefficient (Wildman–Crippen LogP) is 4.42. The van der Waals surface area contributed by atoms with Crippen LogP contribution in [0.3, 0.4) is 0 Å². The second-order valence-corrected chi connectivity index (χ2v) is 12.2. The number of carbonyl (C=O) groups is 1. The quantitative estimate of drug-likeness (QED) is 0.324. The normalized spacial score (nSPS) is 21.9. The van der Waals surface area contributed by atoms with Crippen LogP contribution in [0.1, 0.15) is 41.6 Å². The molecule has 0 radical (unpaired) electrons. The van der Waals surface area contributed by atoms with Gasteiger partial charge in [-0.2, -0.15) is 5.10 Å². The Kier molecular flexibility index (Phi) is 5.54. The Morgan fingerprint density at radius 3 is 2.66 bits per heavy atom. The highest BCUT2D eigenvalue weighted by Gasteiger charge is 2.47. The van der Waals surface area contributed by atoms with Crippen LogP contribution in [0.25, 0.3) is 33.5 Å². The molecule has 1 amide bonds. The number of hydrogen-bond donors (Lipinski definition) is 1. The van der Waals surface area contributed by atoms with Gasteiger partial charge in [-0.1, -0.05) is 18.2 Å². The molecule has 3 fully saturated rings. The van der Waals surface area contributed by atoms with E-state index < -0.39 is 0 Å². The first-order chi connectivity index (χ1) is 20.0. The molecule has 210 valence electrons. The molecule has 41 heavy (non-hydrogen) atoms. The van der Waals surface area contributed by atoms with Crippen molar-refractivity contribution in [2.75, 3.05) is 13.7 Å². The van der Waals surface area contributed by atoms with Gasteiger partial charge in [0.25, 0.3) is 5.91 Å². The highest BCUT2D eigenvalue weighted by molar-refractivity contribution is 6.00. The maximum Gasteiger partial charge on any atom is 0.254 e. The topological polar surface area (TPSA) is 96.1 Å². The van der Waals surface area contributed by atoms with Crippen molar-refractivity contribution < 1.29 is 9.53 Å². The first kappa shape index (κ1) is 24.7. The van der Waals surface area contributed by atoms with Crippen molar-refractivity contribution in [3.8, 4) is 17.3 Å². The Hall–Kier alpha value is -4.11. The summed E-state index contributed by atoms with van der Waals surface area (Å²) in [4.78, 5) is 21.0. The SMILES string of the molecule is COc1cc(C(=O)N2CC3CCC2[C@@H]3N)cc2nc(-c3cc4ccccc4n3CC3CC3)n(Cc3cnn(C)c3)c12. The van der Waals surface area contributed by atoms with Gasteiger partial charge in [-0.3, -0.25) is 9.48 Å². The summed E-state index contributed by atoms with van der Waals surface area (Å²) >= 11 is 0. The third-order valence-corrected chi connectivity index (χ3v) is 9.46. The van der Waals surface area contributed by atoms with Crippen molar-refractivity contribution in [3.05, 3.63) is 66.0 Å². The summed E-state index contributed by atoms with van der Waals surface area (Å²) in [5, 5.41) is 5.61. The molecule has 9 nitrogen and oxygen atoms in total. The third-order valence-electron chi connectivity index (χ3n) is 9.46. The lowest BCUT2D eigenvalue weighted by Gasteiger charge is -2.27. The number of para-hydroxylation sites is 1. The third kappa shape index (κ3) is 3.97. The molecule has 3 aliphatic rings. The first-order valence-electron chi connectivity index (χ1n) is 14.7. The number of rotatable bonds is 7. The van der Waals surface area contributed by atoms with Crippen molar-refractivity contribution in [1.29, 1.82) is 0 Å². The van der Waals surface area contributed by atoms with E-state index in [9.17, 15) is 4.79 Å². The maximum atomic E-state index is 13.8. The molecule has 3 atom stereocenters. The van der Waals surface area contributed by atoms with Gasteiger partial charge in [-0.15, -0.1) is 0 Å². The molecular weight excluding hydrogens is 514 g/mol. The summed E-state index contributed by atoms with van der Waals surface area (Å²) in [6, 6.07) is 14.8. The van der Waals surface area contributed by atoms with Gasteiger partial charge in [0, 0.05) is 60.4 Å². The van der Waals surface area contributed by atoms with E-state index in [1.165, 1.54) is 23.7 Å². The Bertz CT molecular complexity index is 1810. The number of hydrogen-bond acceptors (Lipinski definition) is 5. The molecule has 2 aromatic carbocycles. The van der Waals surface area contributed by atoms with Crippen molar-refractivity contribution >= 4 is 27.8 Å². The number of carbonyl (C=O) groups excluding carboxylic acids is 1. The van der Waals surface area contributed by atoms with E-state index in [0.717, 1.165) is 54.0 Å². The van der Waals surface area contributed by atoms with E-state index in [2.05, 4.69) is 44.6 Å². The summed E-state index contributed by atoms with van der Waals surface area (Å²) in [5.74, 6) is 2.62. The van der Waals surface area contributed by atoms with Crippen LogP contribution in [0.5, 0.6) is 5.75 Å².